The first-order chi connectivity index (χ1) is 12.6. The first-order valence-electron chi connectivity index (χ1n) is 8.25. The fourth-order valence-corrected chi connectivity index (χ4v) is 3.91. The van der Waals surface area contributed by atoms with Crippen LogP contribution in [0, 0.1) is 5.92 Å². The zero-order valence-corrected chi connectivity index (χ0v) is 15.0. The zero-order chi connectivity index (χ0) is 18.1. The molecule has 0 radical (unpaired) electrons. The third-order valence-corrected chi connectivity index (χ3v) is 5.34. The Bertz CT molecular complexity index is 952. The van der Waals surface area contributed by atoms with Crippen molar-refractivity contribution in [2.45, 2.75) is 6.42 Å². The number of rotatable bonds is 4. The van der Waals surface area contributed by atoms with Crippen molar-refractivity contribution in [1.29, 1.82) is 0 Å². The third-order valence-electron chi connectivity index (χ3n) is 4.38. The lowest BCUT2D eigenvalue weighted by Gasteiger charge is -2.17. The Hall–Kier alpha value is -2.93. The van der Waals surface area contributed by atoms with Gasteiger partial charge in [-0.3, -0.25) is 9.59 Å². The van der Waals surface area contributed by atoms with E-state index >= 15 is 0 Å². The van der Waals surface area contributed by atoms with E-state index in [1.54, 1.807) is 18.1 Å². The maximum Gasteiger partial charge on any atom is 0.231 e. The Labute approximate surface area is 154 Å². The summed E-state index contributed by atoms with van der Waals surface area (Å²) < 4.78 is 6.22. The van der Waals surface area contributed by atoms with E-state index in [1.807, 2.05) is 42.5 Å². The molecule has 7 heteroatoms. The Morgan fingerprint density at radius 1 is 1.27 bits per heavy atom. The summed E-state index contributed by atoms with van der Waals surface area (Å²) in [6.45, 7) is 0.350. The van der Waals surface area contributed by atoms with Crippen LogP contribution in [0.25, 0.3) is 10.2 Å². The van der Waals surface area contributed by atoms with Crippen molar-refractivity contribution in [2.24, 2.45) is 5.92 Å². The summed E-state index contributed by atoms with van der Waals surface area (Å²) in [5.74, 6) is 0.0314. The predicted octanol–water partition coefficient (Wildman–Crippen LogP) is 3.30. The molecular weight excluding hydrogens is 350 g/mol. The molecule has 0 aliphatic carbocycles. The van der Waals surface area contributed by atoms with Crippen LogP contribution in [0.2, 0.25) is 0 Å². The van der Waals surface area contributed by atoms with Gasteiger partial charge in [-0.1, -0.05) is 29.5 Å². The van der Waals surface area contributed by atoms with Crippen molar-refractivity contribution in [3.05, 3.63) is 48.5 Å². The number of fused-ring (bicyclic) bond motifs is 1. The van der Waals surface area contributed by atoms with Crippen molar-refractivity contribution in [1.82, 2.24) is 4.98 Å². The summed E-state index contributed by atoms with van der Waals surface area (Å²) in [7, 11) is 1.58. The number of carbonyl (C=O) groups is 2. The van der Waals surface area contributed by atoms with Gasteiger partial charge in [-0.15, -0.1) is 0 Å². The molecule has 1 atom stereocenters. The van der Waals surface area contributed by atoms with Gasteiger partial charge in [0.25, 0.3) is 0 Å². The molecule has 0 bridgehead atoms. The van der Waals surface area contributed by atoms with Crippen LogP contribution in [0.3, 0.4) is 0 Å². The lowest BCUT2D eigenvalue weighted by Crippen LogP contribution is -2.28. The van der Waals surface area contributed by atoms with Crippen molar-refractivity contribution >= 4 is 44.2 Å². The van der Waals surface area contributed by atoms with Crippen LogP contribution >= 0.6 is 11.3 Å². The fourth-order valence-electron chi connectivity index (χ4n) is 3.04. The molecule has 26 heavy (non-hydrogen) atoms. The minimum absolute atomic E-state index is 0.0669. The molecule has 6 nitrogen and oxygen atoms in total. The van der Waals surface area contributed by atoms with Crippen LogP contribution in [0.5, 0.6) is 5.75 Å². The lowest BCUT2D eigenvalue weighted by atomic mass is 10.1. The number of para-hydroxylation sites is 1. The molecule has 132 valence electrons. The Morgan fingerprint density at radius 3 is 2.92 bits per heavy atom. The van der Waals surface area contributed by atoms with Crippen LogP contribution in [-0.4, -0.2) is 30.5 Å². The molecular formula is C19H17N3O3S. The number of carbonyl (C=O) groups excluding carboxylic acids is 2. The largest absolute Gasteiger partial charge is 0.497 e. The third kappa shape index (κ3) is 3.13. The molecule has 1 fully saturated rings. The lowest BCUT2D eigenvalue weighted by molar-refractivity contribution is -0.122. The van der Waals surface area contributed by atoms with E-state index in [9.17, 15) is 9.59 Å². The normalized spacial score (nSPS) is 16.9. The molecule has 3 aromatic rings. The minimum atomic E-state index is -0.402. The zero-order valence-electron chi connectivity index (χ0n) is 14.1. The maximum absolute atomic E-state index is 12.6. The molecule has 2 aromatic carbocycles. The second-order valence-electron chi connectivity index (χ2n) is 6.08. The number of hydrogen-bond donors (Lipinski definition) is 1. The number of nitrogens with zero attached hydrogens (tertiary/aromatic N) is 2. The van der Waals surface area contributed by atoms with E-state index in [0.29, 0.717) is 17.4 Å². The maximum atomic E-state index is 12.6. The number of benzene rings is 2. The monoisotopic (exact) mass is 367 g/mol. The van der Waals surface area contributed by atoms with Crippen LogP contribution in [0.4, 0.5) is 10.8 Å². The summed E-state index contributed by atoms with van der Waals surface area (Å²) >= 11 is 1.43. The van der Waals surface area contributed by atoms with Gasteiger partial charge in [-0.25, -0.2) is 4.98 Å². The first kappa shape index (κ1) is 16.5. The minimum Gasteiger partial charge on any atom is -0.497 e. The Kier molecular flexibility index (Phi) is 4.30. The second-order valence-corrected chi connectivity index (χ2v) is 7.11. The van der Waals surface area contributed by atoms with Gasteiger partial charge < -0.3 is 15.0 Å². The fraction of sp³-hybridized carbons (Fsp3) is 0.211. The van der Waals surface area contributed by atoms with Gasteiger partial charge in [0.2, 0.25) is 11.8 Å². The van der Waals surface area contributed by atoms with E-state index in [4.69, 9.17) is 4.74 Å². The van der Waals surface area contributed by atoms with E-state index in [1.165, 1.54) is 11.3 Å². The molecule has 1 aliphatic rings. The summed E-state index contributed by atoms with van der Waals surface area (Å²) in [5.41, 5.74) is 1.60. The van der Waals surface area contributed by atoms with Gasteiger partial charge in [-0.2, -0.15) is 0 Å². The summed E-state index contributed by atoms with van der Waals surface area (Å²) in [6, 6.07) is 15.0. The van der Waals surface area contributed by atoms with Crippen molar-refractivity contribution in [3.63, 3.8) is 0 Å². The number of methoxy groups -OCH3 is 1. The number of amides is 2. The topological polar surface area (TPSA) is 71.5 Å². The van der Waals surface area contributed by atoms with Gasteiger partial charge in [0, 0.05) is 24.7 Å². The van der Waals surface area contributed by atoms with Crippen molar-refractivity contribution in [3.8, 4) is 5.75 Å². The average molecular weight is 367 g/mol. The molecule has 2 heterocycles. The van der Waals surface area contributed by atoms with E-state index < -0.39 is 5.92 Å². The van der Waals surface area contributed by atoms with Gasteiger partial charge in [-0.05, 0) is 24.3 Å². The Morgan fingerprint density at radius 2 is 2.12 bits per heavy atom. The molecule has 1 unspecified atom stereocenters. The number of anilines is 2. The van der Waals surface area contributed by atoms with Gasteiger partial charge in [0.05, 0.1) is 23.2 Å². The molecule has 1 aliphatic heterocycles. The van der Waals surface area contributed by atoms with Crippen LogP contribution < -0.4 is 15.0 Å². The number of aromatic nitrogens is 1. The van der Waals surface area contributed by atoms with Gasteiger partial charge >= 0.3 is 0 Å². The van der Waals surface area contributed by atoms with Crippen LogP contribution in [0.15, 0.2) is 48.5 Å². The van der Waals surface area contributed by atoms with Crippen LogP contribution in [-0.2, 0) is 9.59 Å². The summed E-state index contributed by atoms with van der Waals surface area (Å²) in [5, 5.41) is 3.41. The number of thiazole rings is 1. The highest BCUT2D eigenvalue weighted by Gasteiger charge is 2.35. The summed E-state index contributed by atoms with van der Waals surface area (Å²) in [4.78, 5) is 31.0. The molecule has 0 saturated carbocycles. The smallest absolute Gasteiger partial charge is 0.231 e. The molecule has 0 spiro atoms. The number of nitrogens with one attached hydrogen (secondary N) is 1. The average Bonchev–Trinajstić information content (AvgIpc) is 3.24. The van der Waals surface area contributed by atoms with Crippen molar-refractivity contribution in [2.75, 3.05) is 23.9 Å². The molecule has 4 rings (SSSR count). The predicted molar refractivity (Wildman–Crippen MR) is 102 cm³/mol. The van der Waals surface area contributed by atoms with E-state index in [-0.39, 0.29) is 18.2 Å². The second kappa shape index (κ2) is 6.76. The highest BCUT2D eigenvalue weighted by atomic mass is 32.1. The van der Waals surface area contributed by atoms with E-state index in [2.05, 4.69) is 10.3 Å². The molecule has 2 amide bonds. The molecule has 1 aromatic heterocycles. The van der Waals surface area contributed by atoms with Crippen molar-refractivity contribution < 1.29 is 14.3 Å². The quantitative estimate of drug-likeness (QED) is 0.768. The summed E-state index contributed by atoms with van der Waals surface area (Å²) in [6.07, 6.45) is 0.188. The number of hydrogen-bond acceptors (Lipinski definition) is 5. The molecule has 1 N–H and O–H groups in total. The number of ether oxygens (including phenoxy) is 1. The SMILES string of the molecule is COc1cccc(N2CC(C(=O)Nc3nc4ccccc4s3)CC2=O)c1. The first-order valence-corrected chi connectivity index (χ1v) is 9.06. The van der Waals surface area contributed by atoms with Crippen LogP contribution in [0.1, 0.15) is 6.42 Å². The highest BCUT2D eigenvalue weighted by Crippen LogP contribution is 2.30. The van der Waals surface area contributed by atoms with Gasteiger partial charge in [0.15, 0.2) is 5.13 Å². The standard InChI is InChI=1S/C19H17N3O3S/c1-25-14-6-4-5-13(10-14)22-11-12(9-17(22)23)18(24)21-19-20-15-7-2-3-8-16(15)26-19/h2-8,10,12H,9,11H2,1H3,(H,20,21,24). The van der Waals surface area contributed by atoms with Gasteiger partial charge in [0.1, 0.15) is 5.75 Å². The highest BCUT2D eigenvalue weighted by molar-refractivity contribution is 7.22. The molecule has 1 saturated heterocycles. The Balaban J connectivity index is 1.48. The van der Waals surface area contributed by atoms with E-state index in [0.717, 1.165) is 15.9 Å².